The Kier molecular flexibility index (Phi) is 6.04. The summed E-state index contributed by atoms with van der Waals surface area (Å²) in [6.07, 6.45) is 6.30. The molecular formula is C25H21BrN4OS2. The smallest absolute Gasteiger partial charge is 0.264 e. The number of carbonyl (C=O) groups excluding carboxylic acids is 1. The zero-order valence-corrected chi connectivity index (χ0v) is 21.5. The maximum Gasteiger partial charge on any atom is 0.264 e. The number of benzene rings is 1. The summed E-state index contributed by atoms with van der Waals surface area (Å²) in [5.41, 5.74) is 5.89. The van der Waals surface area contributed by atoms with Gasteiger partial charge in [-0.15, -0.1) is 11.3 Å². The summed E-state index contributed by atoms with van der Waals surface area (Å²) in [5, 5.41) is 14.3. The van der Waals surface area contributed by atoms with Gasteiger partial charge in [0.05, 0.1) is 16.2 Å². The molecule has 1 N–H and O–H groups in total. The number of nitrogens with one attached hydrogen (secondary N) is 1. The van der Waals surface area contributed by atoms with Crippen LogP contribution >= 0.6 is 39.0 Å². The molecule has 1 saturated heterocycles. The van der Waals surface area contributed by atoms with Gasteiger partial charge in [0.2, 0.25) is 0 Å². The molecule has 3 heterocycles. The van der Waals surface area contributed by atoms with Crippen molar-refractivity contribution < 1.29 is 4.79 Å². The molecule has 1 aliphatic carbocycles. The van der Waals surface area contributed by atoms with Crippen LogP contribution in [0.25, 0.3) is 11.1 Å². The van der Waals surface area contributed by atoms with Crippen LogP contribution in [0, 0.1) is 25.2 Å². The highest BCUT2D eigenvalue weighted by Gasteiger charge is 2.26. The van der Waals surface area contributed by atoms with Gasteiger partial charge in [-0.2, -0.15) is 5.26 Å². The van der Waals surface area contributed by atoms with E-state index in [0.29, 0.717) is 10.1 Å². The number of hydrogen-bond acceptors (Lipinski definition) is 5. The highest BCUT2D eigenvalue weighted by molar-refractivity contribution is 9.10. The van der Waals surface area contributed by atoms with Gasteiger partial charge in [0.1, 0.15) is 11.1 Å². The Morgan fingerprint density at radius 1 is 1.21 bits per heavy atom. The fraction of sp³-hybridized carbons (Fsp3) is 0.240. The predicted octanol–water partition coefficient (Wildman–Crippen LogP) is 6.56. The van der Waals surface area contributed by atoms with Crippen LogP contribution in [0.1, 0.15) is 45.8 Å². The number of nitriles is 1. The molecule has 5 nitrogen and oxygen atoms in total. The molecule has 0 spiro atoms. The Balaban J connectivity index is 1.48. The van der Waals surface area contributed by atoms with Crippen LogP contribution < -0.4 is 5.32 Å². The van der Waals surface area contributed by atoms with E-state index in [1.807, 2.05) is 37.3 Å². The summed E-state index contributed by atoms with van der Waals surface area (Å²) in [6.45, 7) is 4.10. The van der Waals surface area contributed by atoms with Crippen molar-refractivity contribution in [3.05, 3.63) is 72.7 Å². The van der Waals surface area contributed by atoms with Gasteiger partial charge >= 0.3 is 0 Å². The predicted molar refractivity (Wildman–Crippen MR) is 139 cm³/mol. The van der Waals surface area contributed by atoms with Crippen molar-refractivity contribution in [3.63, 3.8) is 0 Å². The molecule has 8 heteroatoms. The minimum Gasteiger partial charge on any atom is -0.308 e. The number of halogens is 1. The first kappa shape index (κ1) is 22.2. The molecule has 1 aromatic carbocycles. The monoisotopic (exact) mass is 536 g/mol. The molecule has 166 valence electrons. The fourth-order valence-corrected chi connectivity index (χ4v) is 6.87. The molecule has 1 aliphatic heterocycles. The number of thioether (sulfide) groups is 1. The number of amidine groups is 1. The normalized spacial score (nSPS) is 17.9. The second kappa shape index (κ2) is 8.98. The Morgan fingerprint density at radius 2 is 1.97 bits per heavy atom. The maximum atomic E-state index is 12.6. The molecular weight excluding hydrogens is 516 g/mol. The van der Waals surface area contributed by atoms with Gasteiger partial charge in [0.25, 0.3) is 5.91 Å². The molecule has 5 rings (SSSR count). The van der Waals surface area contributed by atoms with Gasteiger partial charge in [-0.25, -0.2) is 4.99 Å². The summed E-state index contributed by atoms with van der Waals surface area (Å²) < 4.78 is 3.15. The standard InChI is InChI=1S/C25H21BrN4OS2/c1-14-11-16(12-22-23(31)29-25(33-22)28-18-9-7-17(26)8-10-18)15(2)30(14)24-20(13-27)19-5-3-4-6-21(19)32-24/h7-12H,3-6H2,1-2H3,(H,28,29,31)/b22-12-. The van der Waals surface area contributed by atoms with Crippen molar-refractivity contribution in [3.8, 4) is 11.1 Å². The van der Waals surface area contributed by atoms with E-state index in [1.54, 1.807) is 11.3 Å². The van der Waals surface area contributed by atoms with Crippen LogP contribution in [0.3, 0.4) is 0 Å². The van der Waals surface area contributed by atoms with Gasteiger partial charge in [-0.1, -0.05) is 15.9 Å². The number of thiophene rings is 1. The van der Waals surface area contributed by atoms with Crippen LogP contribution in [0.5, 0.6) is 0 Å². The molecule has 0 radical (unpaired) electrons. The lowest BCUT2D eigenvalue weighted by atomic mass is 9.96. The van der Waals surface area contributed by atoms with E-state index in [0.717, 1.165) is 56.9 Å². The van der Waals surface area contributed by atoms with E-state index in [2.05, 4.69) is 49.9 Å². The number of hydrogen-bond donors (Lipinski definition) is 1. The summed E-state index contributed by atoms with van der Waals surface area (Å²) in [5.74, 6) is -0.148. The van der Waals surface area contributed by atoms with E-state index in [9.17, 15) is 10.1 Å². The SMILES string of the molecule is Cc1cc(/C=C2\SC(=Nc3ccc(Br)cc3)NC2=O)c(C)n1-c1sc2c(c1C#N)CCCC2. The third kappa shape index (κ3) is 4.21. The average Bonchev–Trinajstić information content (AvgIpc) is 3.42. The number of carbonyl (C=O) groups is 1. The molecule has 0 saturated carbocycles. The number of aromatic nitrogens is 1. The first-order valence-corrected chi connectivity index (χ1v) is 13.2. The van der Waals surface area contributed by atoms with E-state index in [1.165, 1.54) is 28.6 Å². The highest BCUT2D eigenvalue weighted by Crippen LogP contribution is 2.39. The van der Waals surface area contributed by atoms with E-state index >= 15 is 0 Å². The van der Waals surface area contributed by atoms with Crippen molar-refractivity contribution in [1.29, 1.82) is 5.26 Å². The Labute approximate surface area is 209 Å². The van der Waals surface area contributed by atoms with Crippen molar-refractivity contribution in [2.75, 3.05) is 0 Å². The van der Waals surface area contributed by atoms with Gasteiger partial charge in [-0.3, -0.25) is 4.79 Å². The third-order valence-corrected chi connectivity index (χ3v) is 8.65. The quantitative estimate of drug-likeness (QED) is 0.385. The molecule has 1 fully saturated rings. The van der Waals surface area contributed by atoms with Crippen molar-refractivity contribution in [2.45, 2.75) is 39.5 Å². The number of fused-ring (bicyclic) bond motifs is 1. The first-order chi connectivity index (χ1) is 15.9. The van der Waals surface area contributed by atoms with Crippen LogP contribution in [-0.4, -0.2) is 15.6 Å². The summed E-state index contributed by atoms with van der Waals surface area (Å²) in [4.78, 5) is 19.1. The number of aliphatic imine (C=N–C) groups is 1. The van der Waals surface area contributed by atoms with Gasteiger partial charge in [0.15, 0.2) is 5.17 Å². The second-order valence-electron chi connectivity index (χ2n) is 8.12. The first-order valence-electron chi connectivity index (χ1n) is 10.7. The summed E-state index contributed by atoms with van der Waals surface area (Å²) >= 11 is 6.50. The topological polar surface area (TPSA) is 70.2 Å². The van der Waals surface area contributed by atoms with Crippen molar-refractivity contribution >= 4 is 61.9 Å². The molecule has 3 aromatic rings. The minimum absolute atomic E-state index is 0.148. The highest BCUT2D eigenvalue weighted by atomic mass is 79.9. The zero-order chi connectivity index (χ0) is 23.1. The lowest BCUT2D eigenvalue weighted by Gasteiger charge is -2.10. The van der Waals surface area contributed by atoms with Crippen LogP contribution in [0.15, 0.2) is 44.7 Å². The number of amides is 1. The minimum atomic E-state index is -0.148. The van der Waals surface area contributed by atoms with E-state index < -0.39 is 0 Å². The van der Waals surface area contributed by atoms with Crippen molar-refractivity contribution in [2.24, 2.45) is 4.99 Å². The maximum absolute atomic E-state index is 12.6. The fourth-order valence-electron chi connectivity index (χ4n) is 4.33. The largest absolute Gasteiger partial charge is 0.308 e. The summed E-state index contributed by atoms with van der Waals surface area (Å²) in [6, 6.07) is 12.2. The number of nitrogens with zero attached hydrogens (tertiary/aromatic N) is 3. The second-order valence-corrected chi connectivity index (χ2v) is 11.2. The molecule has 0 atom stereocenters. The lowest BCUT2D eigenvalue weighted by Crippen LogP contribution is -2.19. The van der Waals surface area contributed by atoms with Gasteiger partial charge in [-0.05, 0) is 98.8 Å². The van der Waals surface area contributed by atoms with Gasteiger partial charge in [0, 0.05) is 20.7 Å². The molecule has 2 aromatic heterocycles. The Hall–Kier alpha value is -2.60. The van der Waals surface area contributed by atoms with Crippen LogP contribution in [-0.2, 0) is 17.6 Å². The Morgan fingerprint density at radius 3 is 2.73 bits per heavy atom. The molecule has 0 bridgehead atoms. The molecule has 2 aliphatic rings. The summed E-state index contributed by atoms with van der Waals surface area (Å²) in [7, 11) is 0. The molecule has 33 heavy (non-hydrogen) atoms. The third-order valence-electron chi connectivity index (χ3n) is 5.93. The average molecular weight is 538 g/mol. The van der Waals surface area contributed by atoms with Crippen molar-refractivity contribution in [1.82, 2.24) is 9.88 Å². The van der Waals surface area contributed by atoms with Crippen LogP contribution in [0.2, 0.25) is 0 Å². The molecule has 1 amide bonds. The van der Waals surface area contributed by atoms with E-state index in [4.69, 9.17) is 0 Å². The van der Waals surface area contributed by atoms with Gasteiger partial charge < -0.3 is 9.88 Å². The van der Waals surface area contributed by atoms with Crippen LogP contribution in [0.4, 0.5) is 5.69 Å². The number of rotatable bonds is 3. The number of aryl methyl sites for hydroxylation is 2. The lowest BCUT2D eigenvalue weighted by molar-refractivity contribution is -0.115. The van der Waals surface area contributed by atoms with E-state index in [-0.39, 0.29) is 5.91 Å². The molecule has 0 unspecified atom stereocenters. The Bertz CT molecular complexity index is 1370. The zero-order valence-electron chi connectivity index (χ0n) is 18.2.